The largest absolute Gasteiger partial charge is 0.494 e. The van der Waals surface area contributed by atoms with E-state index in [1.54, 1.807) is 36.4 Å². The van der Waals surface area contributed by atoms with Gasteiger partial charge in [-0.15, -0.1) is 0 Å². The van der Waals surface area contributed by atoms with Crippen LogP contribution in [0.4, 0.5) is 5.13 Å². The monoisotopic (exact) mass is 444 g/mol. The molecule has 6 rings (SSSR count). The van der Waals surface area contributed by atoms with Crippen molar-refractivity contribution in [3.05, 3.63) is 88.2 Å². The third kappa shape index (κ3) is 2.69. The molecule has 158 valence electrons. The lowest BCUT2D eigenvalue weighted by molar-refractivity contribution is 0.0969. The molecule has 8 heteroatoms. The highest BCUT2D eigenvalue weighted by Gasteiger charge is 2.46. The number of nitrogens with zero attached hydrogens (tertiary/aromatic N) is 2. The number of para-hydroxylation sites is 1. The van der Waals surface area contributed by atoms with Crippen LogP contribution in [-0.4, -0.2) is 17.5 Å². The first-order chi connectivity index (χ1) is 15.7. The van der Waals surface area contributed by atoms with E-state index < -0.39 is 11.9 Å². The number of rotatable bonds is 4. The first kappa shape index (κ1) is 18.8. The van der Waals surface area contributed by atoms with E-state index in [2.05, 4.69) is 4.98 Å². The Morgan fingerprint density at radius 3 is 2.81 bits per heavy atom. The normalized spacial score (nSPS) is 15.6. The number of hydrogen-bond donors (Lipinski definition) is 0. The maximum Gasteiger partial charge on any atom is 0.297 e. The van der Waals surface area contributed by atoms with Gasteiger partial charge in [-0.1, -0.05) is 23.5 Å². The number of carbonyl (C=O) groups is 1. The third-order valence-corrected chi connectivity index (χ3v) is 6.47. The zero-order chi connectivity index (χ0) is 21.8. The van der Waals surface area contributed by atoms with E-state index in [-0.39, 0.29) is 16.8 Å². The van der Waals surface area contributed by atoms with Crippen molar-refractivity contribution >= 4 is 43.6 Å². The number of aromatic nitrogens is 1. The van der Waals surface area contributed by atoms with E-state index in [1.807, 2.05) is 25.1 Å². The van der Waals surface area contributed by atoms with E-state index in [0.29, 0.717) is 28.5 Å². The zero-order valence-corrected chi connectivity index (χ0v) is 17.7. The summed E-state index contributed by atoms with van der Waals surface area (Å²) in [4.78, 5) is 33.1. The Labute approximate surface area is 185 Å². The molecule has 0 aliphatic carbocycles. The highest BCUT2D eigenvalue weighted by molar-refractivity contribution is 7.22. The van der Waals surface area contributed by atoms with Crippen molar-refractivity contribution in [3.63, 3.8) is 0 Å². The van der Waals surface area contributed by atoms with Gasteiger partial charge in [0.15, 0.2) is 10.6 Å². The van der Waals surface area contributed by atoms with E-state index in [9.17, 15) is 9.59 Å². The molecule has 0 N–H and O–H groups in total. The number of amides is 1. The topological polar surface area (TPSA) is 85.8 Å². The van der Waals surface area contributed by atoms with Crippen LogP contribution in [0.25, 0.3) is 21.2 Å². The number of thiazole rings is 1. The predicted molar refractivity (Wildman–Crippen MR) is 121 cm³/mol. The summed E-state index contributed by atoms with van der Waals surface area (Å²) in [6, 6.07) is 15.2. The molecule has 1 aliphatic rings. The Hall–Kier alpha value is -3.91. The smallest absolute Gasteiger partial charge is 0.297 e. The van der Waals surface area contributed by atoms with E-state index in [0.717, 1.165) is 16.0 Å². The Morgan fingerprint density at radius 2 is 2.00 bits per heavy atom. The van der Waals surface area contributed by atoms with Crippen molar-refractivity contribution in [2.24, 2.45) is 0 Å². The number of furan rings is 1. The van der Waals surface area contributed by atoms with Crippen LogP contribution in [-0.2, 0) is 0 Å². The fourth-order valence-electron chi connectivity index (χ4n) is 4.09. The summed E-state index contributed by atoms with van der Waals surface area (Å²) in [5.41, 5.74) is 1.12. The standard InChI is InChI=1S/C24H16N2O5S/c1-2-29-13-9-10-15-18(12-13)32-24(25-15)26-20(17-8-5-11-30-17)19-21(27)14-6-3-4-7-16(14)31-22(19)23(26)28/h3-12,20H,2H2,1H3. The zero-order valence-electron chi connectivity index (χ0n) is 16.9. The molecule has 0 saturated heterocycles. The molecule has 0 saturated carbocycles. The van der Waals surface area contributed by atoms with Crippen LogP contribution in [0.5, 0.6) is 5.75 Å². The summed E-state index contributed by atoms with van der Waals surface area (Å²) in [5, 5.41) is 0.873. The molecule has 32 heavy (non-hydrogen) atoms. The van der Waals surface area contributed by atoms with Gasteiger partial charge in [0.2, 0.25) is 5.76 Å². The van der Waals surface area contributed by atoms with Gasteiger partial charge in [0.1, 0.15) is 23.1 Å². The Balaban J connectivity index is 1.58. The number of anilines is 1. The summed E-state index contributed by atoms with van der Waals surface area (Å²) in [7, 11) is 0. The molecule has 1 atom stereocenters. The average molecular weight is 444 g/mol. The number of fused-ring (bicyclic) bond motifs is 3. The molecule has 1 aliphatic heterocycles. The Kier molecular flexibility index (Phi) is 4.16. The minimum Gasteiger partial charge on any atom is -0.494 e. The number of ether oxygens (including phenoxy) is 1. The molecule has 3 aromatic heterocycles. The van der Waals surface area contributed by atoms with Gasteiger partial charge in [-0.2, -0.15) is 0 Å². The van der Waals surface area contributed by atoms with Gasteiger partial charge in [-0.3, -0.25) is 14.5 Å². The van der Waals surface area contributed by atoms with Crippen molar-refractivity contribution in [2.45, 2.75) is 13.0 Å². The second kappa shape index (κ2) is 7.06. The number of carbonyl (C=O) groups excluding carboxylic acids is 1. The summed E-state index contributed by atoms with van der Waals surface area (Å²) in [5.74, 6) is 0.795. The van der Waals surface area contributed by atoms with Gasteiger partial charge in [0.25, 0.3) is 5.91 Å². The Morgan fingerprint density at radius 1 is 1.12 bits per heavy atom. The molecule has 4 heterocycles. The van der Waals surface area contributed by atoms with E-state index in [1.165, 1.54) is 22.5 Å². The molecule has 0 fully saturated rings. The molecule has 0 bridgehead atoms. The summed E-state index contributed by atoms with van der Waals surface area (Å²) in [6.45, 7) is 2.48. The Bertz CT molecular complexity index is 1550. The van der Waals surface area contributed by atoms with Crippen LogP contribution >= 0.6 is 11.3 Å². The SMILES string of the molecule is CCOc1ccc2nc(N3C(=O)c4oc5ccccc5c(=O)c4C3c3ccco3)sc2c1. The van der Waals surface area contributed by atoms with Gasteiger partial charge in [-0.25, -0.2) is 4.98 Å². The van der Waals surface area contributed by atoms with Crippen molar-refractivity contribution in [1.29, 1.82) is 0 Å². The van der Waals surface area contributed by atoms with Crippen LogP contribution in [0, 0.1) is 0 Å². The highest BCUT2D eigenvalue weighted by atomic mass is 32.1. The average Bonchev–Trinajstić information content (AvgIpc) is 3.52. The summed E-state index contributed by atoms with van der Waals surface area (Å²) in [6.07, 6.45) is 1.52. The second-order valence-electron chi connectivity index (χ2n) is 7.32. The lowest BCUT2D eigenvalue weighted by Crippen LogP contribution is -2.29. The van der Waals surface area contributed by atoms with E-state index >= 15 is 0 Å². The maximum atomic E-state index is 13.5. The highest BCUT2D eigenvalue weighted by Crippen LogP contribution is 2.44. The van der Waals surface area contributed by atoms with Crippen LogP contribution < -0.4 is 15.1 Å². The fourth-order valence-corrected chi connectivity index (χ4v) is 5.11. The lowest BCUT2D eigenvalue weighted by Gasteiger charge is -2.19. The maximum absolute atomic E-state index is 13.5. The van der Waals surface area contributed by atoms with E-state index in [4.69, 9.17) is 13.6 Å². The minimum atomic E-state index is -0.764. The summed E-state index contributed by atoms with van der Waals surface area (Å²) < 4.78 is 18.0. The van der Waals surface area contributed by atoms with Crippen molar-refractivity contribution in [1.82, 2.24) is 4.98 Å². The fraction of sp³-hybridized carbons (Fsp3) is 0.125. The van der Waals surface area contributed by atoms with Crippen molar-refractivity contribution in [2.75, 3.05) is 11.5 Å². The lowest BCUT2D eigenvalue weighted by atomic mass is 10.0. The van der Waals surface area contributed by atoms with Crippen LogP contribution in [0.15, 0.2) is 74.5 Å². The number of benzene rings is 2. The summed E-state index contributed by atoms with van der Waals surface area (Å²) >= 11 is 1.35. The quantitative estimate of drug-likeness (QED) is 0.381. The number of hydrogen-bond acceptors (Lipinski definition) is 7. The molecule has 1 amide bonds. The molecule has 7 nitrogen and oxygen atoms in total. The van der Waals surface area contributed by atoms with Crippen LogP contribution in [0.3, 0.4) is 0 Å². The van der Waals surface area contributed by atoms with Gasteiger partial charge in [-0.05, 0) is 49.4 Å². The molecule has 5 aromatic rings. The molecular weight excluding hydrogens is 428 g/mol. The predicted octanol–water partition coefficient (Wildman–Crippen LogP) is 5.14. The van der Waals surface area contributed by atoms with Gasteiger partial charge in [0, 0.05) is 0 Å². The van der Waals surface area contributed by atoms with Gasteiger partial charge < -0.3 is 13.6 Å². The second-order valence-corrected chi connectivity index (χ2v) is 8.33. The molecule has 0 radical (unpaired) electrons. The van der Waals surface area contributed by atoms with Gasteiger partial charge in [0.05, 0.1) is 34.0 Å². The van der Waals surface area contributed by atoms with Crippen LogP contribution in [0.1, 0.15) is 34.8 Å². The molecular formula is C24H16N2O5S. The first-order valence-corrected chi connectivity index (χ1v) is 10.9. The molecule has 1 unspecified atom stereocenters. The van der Waals surface area contributed by atoms with Crippen molar-refractivity contribution < 1.29 is 18.4 Å². The third-order valence-electron chi connectivity index (χ3n) is 5.46. The molecule has 2 aromatic carbocycles. The van der Waals surface area contributed by atoms with Crippen LogP contribution in [0.2, 0.25) is 0 Å². The molecule has 0 spiro atoms. The first-order valence-electron chi connectivity index (χ1n) is 10.1. The minimum absolute atomic E-state index is 0.0179. The van der Waals surface area contributed by atoms with Gasteiger partial charge >= 0.3 is 0 Å². The van der Waals surface area contributed by atoms with Crippen molar-refractivity contribution in [3.8, 4) is 5.75 Å².